The lowest BCUT2D eigenvalue weighted by molar-refractivity contribution is 0.628. The van der Waals surface area contributed by atoms with Gasteiger partial charge in [-0.1, -0.05) is 45.2 Å². The summed E-state index contributed by atoms with van der Waals surface area (Å²) in [4.78, 5) is 8.72. The molecule has 0 fully saturated rings. The molecule has 1 heterocycles. The van der Waals surface area contributed by atoms with E-state index in [0.717, 1.165) is 15.4 Å². The van der Waals surface area contributed by atoms with E-state index in [4.69, 9.17) is 23.2 Å². The average molecular weight is 386 g/mol. The highest BCUT2D eigenvalue weighted by molar-refractivity contribution is 9.10. The van der Waals surface area contributed by atoms with Gasteiger partial charge in [0.1, 0.15) is 11.0 Å². The molecule has 0 aliphatic rings. The summed E-state index contributed by atoms with van der Waals surface area (Å²) >= 11 is 15.6. The Bertz CT molecular complexity index is 868. The summed E-state index contributed by atoms with van der Waals surface area (Å²) in [6.45, 7) is 1.92. The van der Waals surface area contributed by atoms with Crippen LogP contribution in [0.4, 0.5) is 4.39 Å². The third-order valence-electron chi connectivity index (χ3n) is 3.10. The molecule has 0 N–H and O–H groups in total. The Balaban J connectivity index is 2.33. The van der Waals surface area contributed by atoms with Crippen LogP contribution in [0.3, 0.4) is 0 Å². The van der Waals surface area contributed by atoms with Crippen molar-refractivity contribution in [2.45, 2.75) is 6.92 Å². The van der Waals surface area contributed by atoms with Crippen LogP contribution < -0.4 is 0 Å². The second kappa shape index (κ2) is 5.52. The van der Waals surface area contributed by atoms with Crippen LogP contribution in [-0.4, -0.2) is 9.97 Å². The zero-order valence-corrected chi connectivity index (χ0v) is 13.9. The first-order chi connectivity index (χ1) is 9.97. The predicted molar refractivity (Wildman–Crippen MR) is 87.4 cm³/mol. The van der Waals surface area contributed by atoms with Crippen LogP contribution >= 0.6 is 39.1 Å². The van der Waals surface area contributed by atoms with Crippen molar-refractivity contribution in [2.24, 2.45) is 0 Å². The van der Waals surface area contributed by atoms with Gasteiger partial charge in [-0.3, -0.25) is 0 Å². The maximum Gasteiger partial charge on any atom is 0.163 e. The van der Waals surface area contributed by atoms with Crippen LogP contribution in [0.5, 0.6) is 0 Å². The monoisotopic (exact) mass is 384 g/mol. The van der Waals surface area contributed by atoms with Gasteiger partial charge in [-0.05, 0) is 36.8 Å². The Morgan fingerprint density at radius 2 is 1.90 bits per heavy atom. The smallest absolute Gasteiger partial charge is 0.163 e. The molecule has 3 rings (SSSR count). The molecule has 0 spiro atoms. The lowest BCUT2D eigenvalue weighted by atomic mass is 10.1. The lowest BCUT2D eigenvalue weighted by Gasteiger charge is -2.09. The Labute approximate surface area is 139 Å². The van der Waals surface area contributed by atoms with E-state index in [1.807, 2.05) is 19.1 Å². The minimum absolute atomic E-state index is 0.0114. The molecular formula is C15H8BrCl2FN2. The fourth-order valence-electron chi connectivity index (χ4n) is 2.12. The van der Waals surface area contributed by atoms with E-state index in [2.05, 4.69) is 25.9 Å². The Kier molecular flexibility index (Phi) is 3.86. The summed E-state index contributed by atoms with van der Waals surface area (Å²) in [7, 11) is 0. The molecule has 1 aromatic heterocycles. The van der Waals surface area contributed by atoms with Crippen LogP contribution in [0.25, 0.3) is 22.3 Å². The van der Waals surface area contributed by atoms with E-state index in [9.17, 15) is 4.39 Å². The topological polar surface area (TPSA) is 25.8 Å². The van der Waals surface area contributed by atoms with Crippen molar-refractivity contribution in [2.75, 3.05) is 0 Å². The Morgan fingerprint density at radius 1 is 1.14 bits per heavy atom. The highest BCUT2D eigenvalue weighted by Crippen LogP contribution is 2.32. The summed E-state index contributed by atoms with van der Waals surface area (Å²) in [5.41, 5.74) is 2.08. The van der Waals surface area contributed by atoms with Gasteiger partial charge >= 0.3 is 0 Å². The van der Waals surface area contributed by atoms with Crippen molar-refractivity contribution in [3.63, 3.8) is 0 Å². The highest BCUT2D eigenvalue weighted by Gasteiger charge is 2.14. The van der Waals surface area contributed by atoms with Gasteiger partial charge in [-0.15, -0.1) is 0 Å². The van der Waals surface area contributed by atoms with Crippen molar-refractivity contribution in [1.82, 2.24) is 9.97 Å². The fraction of sp³-hybridized carbons (Fsp3) is 0.0667. The minimum Gasteiger partial charge on any atom is -0.228 e. The largest absolute Gasteiger partial charge is 0.228 e. The fourth-order valence-corrected chi connectivity index (χ4v) is 3.13. The first-order valence-corrected chi connectivity index (χ1v) is 7.60. The number of fused-ring (bicyclic) bond motifs is 1. The third kappa shape index (κ3) is 2.63. The van der Waals surface area contributed by atoms with E-state index in [1.165, 1.54) is 6.07 Å². The average Bonchev–Trinajstić information content (AvgIpc) is 2.43. The Hall–Kier alpha value is -1.23. The van der Waals surface area contributed by atoms with Crippen LogP contribution in [0, 0.1) is 12.7 Å². The summed E-state index contributed by atoms with van der Waals surface area (Å²) in [5, 5.41) is 1.03. The molecule has 0 amide bonds. The molecular weight excluding hydrogens is 378 g/mol. The number of rotatable bonds is 1. The summed E-state index contributed by atoms with van der Waals surface area (Å²) in [5.74, 6) is -0.205. The molecule has 2 nitrogen and oxygen atoms in total. The zero-order chi connectivity index (χ0) is 15.1. The van der Waals surface area contributed by atoms with Crippen molar-refractivity contribution in [3.05, 3.63) is 56.4 Å². The molecule has 21 heavy (non-hydrogen) atoms. The van der Waals surface area contributed by atoms with Crippen molar-refractivity contribution < 1.29 is 4.39 Å². The van der Waals surface area contributed by atoms with E-state index in [-0.39, 0.29) is 5.02 Å². The van der Waals surface area contributed by atoms with Crippen LogP contribution in [0.1, 0.15) is 5.56 Å². The maximum absolute atomic E-state index is 13.6. The lowest BCUT2D eigenvalue weighted by Crippen LogP contribution is -1.95. The van der Waals surface area contributed by atoms with Gasteiger partial charge in [0.15, 0.2) is 5.82 Å². The molecule has 0 aliphatic heterocycles. The van der Waals surface area contributed by atoms with Gasteiger partial charge in [0.25, 0.3) is 0 Å². The minimum atomic E-state index is -0.512. The molecule has 6 heteroatoms. The molecule has 2 aromatic carbocycles. The maximum atomic E-state index is 13.6. The highest BCUT2D eigenvalue weighted by atomic mass is 79.9. The second-order valence-corrected chi connectivity index (χ2v) is 6.21. The van der Waals surface area contributed by atoms with E-state index >= 15 is 0 Å². The number of hydrogen-bond acceptors (Lipinski definition) is 2. The van der Waals surface area contributed by atoms with Crippen molar-refractivity contribution in [1.29, 1.82) is 0 Å². The molecule has 0 saturated heterocycles. The number of aromatic nitrogens is 2. The molecule has 106 valence electrons. The molecule has 0 aliphatic carbocycles. The number of benzene rings is 2. The normalized spacial score (nSPS) is 11.1. The molecule has 0 unspecified atom stereocenters. The summed E-state index contributed by atoms with van der Waals surface area (Å²) < 4.78 is 14.5. The van der Waals surface area contributed by atoms with Crippen molar-refractivity contribution >= 4 is 50.0 Å². The molecule has 0 bridgehead atoms. The Morgan fingerprint density at radius 3 is 2.67 bits per heavy atom. The van der Waals surface area contributed by atoms with E-state index in [0.29, 0.717) is 22.1 Å². The molecule has 0 saturated carbocycles. The van der Waals surface area contributed by atoms with Gasteiger partial charge in [-0.25, -0.2) is 14.4 Å². The number of aryl methyl sites for hydroxylation is 1. The third-order valence-corrected chi connectivity index (χ3v) is 4.23. The van der Waals surface area contributed by atoms with Gasteiger partial charge < -0.3 is 0 Å². The van der Waals surface area contributed by atoms with Crippen molar-refractivity contribution in [3.8, 4) is 11.4 Å². The first kappa shape index (κ1) is 14.7. The van der Waals surface area contributed by atoms with E-state index < -0.39 is 5.82 Å². The SMILES string of the molecule is Cc1cc(Br)cc2c(Cl)nc(-c3cccc(F)c3Cl)nc12. The number of halogens is 4. The predicted octanol–water partition coefficient (Wildman–Crippen LogP) is 5.81. The zero-order valence-electron chi connectivity index (χ0n) is 10.8. The van der Waals surface area contributed by atoms with Gasteiger partial charge in [0.05, 0.1) is 10.5 Å². The number of hydrogen-bond donors (Lipinski definition) is 0. The first-order valence-electron chi connectivity index (χ1n) is 6.05. The summed E-state index contributed by atoms with van der Waals surface area (Å²) in [6.07, 6.45) is 0. The van der Waals surface area contributed by atoms with Crippen LogP contribution in [0.15, 0.2) is 34.8 Å². The molecule has 3 aromatic rings. The quantitative estimate of drug-likeness (QED) is 0.493. The van der Waals surface area contributed by atoms with Gasteiger partial charge in [-0.2, -0.15) is 0 Å². The second-order valence-electron chi connectivity index (χ2n) is 4.56. The van der Waals surface area contributed by atoms with Gasteiger partial charge in [0.2, 0.25) is 0 Å². The van der Waals surface area contributed by atoms with E-state index in [1.54, 1.807) is 12.1 Å². The van der Waals surface area contributed by atoms with Crippen LogP contribution in [-0.2, 0) is 0 Å². The standard InChI is InChI=1S/C15H8BrCl2FN2/c1-7-5-8(16)6-10-13(7)20-15(21-14(10)18)9-3-2-4-11(19)12(9)17/h2-6H,1H3. The number of nitrogens with zero attached hydrogens (tertiary/aromatic N) is 2. The summed E-state index contributed by atoms with van der Waals surface area (Å²) in [6, 6.07) is 8.30. The van der Waals surface area contributed by atoms with Crippen LogP contribution in [0.2, 0.25) is 10.2 Å². The van der Waals surface area contributed by atoms with Gasteiger partial charge in [0, 0.05) is 15.4 Å². The molecule has 0 atom stereocenters. The molecule has 0 radical (unpaired) electrons.